The lowest BCUT2D eigenvalue weighted by Gasteiger charge is -2.07. The first kappa shape index (κ1) is 14.7. The average molecular weight is 327 g/mol. The largest absolute Gasteiger partial charge is 0.356 e. The number of rotatable bonds is 4. The van der Waals surface area contributed by atoms with Crippen LogP contribution in [0.1, 0.15) is 0 Å². The monoisotopic (exact) mass is 327 g/mol. The summed E-state index contributed by atoms with van der Waals surface area (Å²) < 4.78 is 2.66. The third kappa shape index (κ3) is 2.41. The summed E-state index contributed by atoms with van der Waals surface area (Å²) in [5.74, 6) is 0. The van der Waals surface area contributed by atoms with Gasteiger partial charge < -0.3 is 5.32 Å². The highest BCUT2D eigenvalue weighted by Crippen LogP contribution is 2.39. The molecule has 1 N–H and O–H groups in total. The van der Waals surface area contributed by atoms with Crippen LogP contribution in [0, 0.1) is 0 Å². The molecule has 0 atom stereocenters. The molecule has 24 heavy (non-hydrogen) atoms. The Hall–Kier alpha value is -2.84. The minimum Gasteiger partial charge on any atom is -0.356 e. The second-order valence-electron chi connectivity index (χ2n) is 5.66. The fourth-order valence-electron chi connectivity index (χ4n) is 3.04. The molecule has 0 unspecified atom stereocenters. The minimum absolute atomic E-state index is 0.939. The molecule has 0 aliphatic heterocycles. The zero-order chi connectivity index (χ0) is 16.5. The van der Waals surface area contributed by atoms with Crippen LogP contribution < -0.4 is 5.32 Å². The van der Waals surface area contributed by atoms with E-state index in [1.54, 1.807) is 12.2 Å². The highest BCUT2D eigenvalue weighted by molar-refractivity contribution is 7.26. The third-order valence-corrected chi connectivity index (χ3v) is 5.39. The Morgan fingerprint density at radius 1 is 0.917 bits per heavy atom. The van der Waals surface area contributed by atoms with Crippen LogP contribution in [0.3, 0.4) is 0 Å². The molecule has 1 aromatic heterocycles. The lowest BCUT2D eigenvalue weighted by atomic mass is 10.1. The maximum Gasteiger partial charge on any atom is 0.0433 e. The predicted octanol–water partition coefficient (Wildman–Crippen LogP) is 6.88. The molecule has 116 valence electrons. The van der Waals surface area contributed by atoms with Crippen LogP contribution in [0.5, 0.6) is 0 Å². The number of benzene rings is 3. The zero-order valence-corrected chi connectivity index (χ0v) is 14.1. The molecule has 0 spiro atoms. The van der Waals surface area contributed by atoms with E-state index < -0.39 is 0 Å². The van der Waals surface area contributed by atoms with Gasteiger partial charge in [-0.25, -0.2) is 0 Å². The molecule has 0 saturated heterocycles. The Bertz CT molecular complexity index is 1110. The van der Waals surface area contributed by atoms with Gasteiger partial charge in [-0.2, -0.15) is 0 Å². The van der Waals surface area contributed by atoms with Gasteiger partial charge in [0.25, 0.3) is 0 Å². The zero-order valence-electron chi connectivity index (χ0n) is 13.3. The van der Waals surface area contributed by atoms with E-state index >= 15 is 0 Å². The van der Waals surface area contributed by atoms with Gasteiger partial charge in [0.1, 0.15) is 0 Å². The summed E-state index contributed by atoms with van der Waals surface area (Å²) in [6.45, 7) is 7.57. The van der Waals surface area contributed by atoms with Gasteiger partial charge in [-0.1, -0.05) is 55.6 Å². The van der Waals surface area contributed by atoms with Crippen molar-refractivity contribution in [3.63, 3.8) is 0 Å². The third-order valence-electron chi connectivity index (χ3n) is 4.17. The number of hydrogen-bond acceptors (Lipinski definition) is 2. The van der Waals surface area contributed by atoms with Crippen LogP contribution in [0.25, 0.3) is 30.9 Å². The number of hydrogen-bond donors (Lipinski definition) is 1. The van der Waals surface area contributed by atoms with E-state index in [0.29, 0.717) is 0 Å². The molecular formula is C22H17NS. The second kappa shape index (κ2) is 5.99. The number of thiophene rings is 1. The first-order valence-electron chi connectivity index (χ1n) is 7.86. The predicted molar refractivity (Wildman–Crippen MR) is 109 cm³/mol. The van der Waals surface area contributed by atoms with Crippen LogP contribution in [0.2, 0.25) is 0 Å². The Kier molecular flexibility index (Phi) is 3.68. The maximum atomic E-state index is 3.84. The highest BCUT2D eigenvalue weighted by atomic mass is 32.1. The summed E-state index contributed by atoms with van der Waals surface area (Å²) in [7, 11) is 0. The van der Waals surface area contributed by atoms with Crippen molar-refractivity contribution in [2.75, 3.05) is 5.32 Å². The summed E-state index contributed by atoms with van der Waals surface area (Å²) in [6, 6.07) is 19.5. The van der Waals surface area contributed by atoms with Crippen LogP contribution in [0.15, 0.2) is 91.7 Å². The normalized spacial score (nSPS) is 11.9. The SMILES string of the molecule is C=C/C=C(\C=C)Nc1ccc2sc3c4ccccc4ccc3c2c1. The van der Waals surface area contributed by atoms with Crippen LogP contribution in [-0.4, -0.2) is 0 Å². The summed E-state index contributed by atoms with van der Waals surface area (Å²) in [6.07, 6.45) is 5.47. The molecule has 2 heteroatoms. The van der Waals surface area contributed by atoms with E-state index in [1.165, 1.54) is 30.9 Å². The molecule has 0 radical (unpaired) electrons. The first-order valence-corrected chi connectivity index (χ1v) is 8.68. The van der Waals surface area contributed by atoms with Crippen molar-refractivity contribution in [3.05, 3.63) is 91.7 Å². The van der Waals surface area contributed by atoms with Crippen molar-refractivity contribution < 1.29 is 0 Å². The average Bonchev–Trinajstić information content (AvgIpc) is 3.00. The van der Waals surface area contributed by atoms with E-state index in [0.717, 1.165) is 11.4 Å². The molecular weight excluding hydrogens is 310 g/mol. The molecule has 0 aliphatic rings. The highest BCUT2D eigenvalue weighted by Gasteiger charge is 2.09. The Morgan fingerprint density at radius 3 is 2.62 bits per heavy atom. The fraction of sp³-hybridized carbons (Fsp3) is 0. The Labute approximate surface area is 145 Å². The van der Waals surface area contributed by atoms with Gasteiger partial charge in [0.15, 0.2) is 0 Å². The van der Waals surface area contributed by atoms with E-state index in [9.17, 15) is 0 Å². The van der Waals surface area contributed by atoms with E-state index in [1.807, 2.05) is 17.4 Å². The summed E-state index contributed by atoms with van der Waals surface area (Å²) in [4.78, 5) is 0. The molecule has 1 heterocycles. The summed E-state index contributed by atoms with van der Waals surface area (Å²) >= 11 is 1.86. The van der Waals surface area contributed by atoms with Gasteiger partial charge in [-0.3, -0.25) is 0 Å². The summed E-state index contributed by atoms with van der Waals surface area (Å²) in [5, 5.41) is 8.60. The molecule has 0 bridgehead atoms. The van der Waals surface area contributed by atoms with Crippen molar-refractivity contribution in [2.24, 2.45) is 0 Å². The van der Waals surface area contributed by atoms with E-state index in [2.05, 4.69) is 73.1 Å². The molecule has 4 aromatic rings. The van der Waals surface area contributed by atoms with Gasteiger partial charge in [0, 0.05) is 31.6 Å². The number of anilines is 1. The van der Waals surface area contributed by atoms with Crippen LogP contribution >= 0.6 is 11.3 Å². The Morgan fingerprint density at radius 2 is 1.79 bits per heavy atom. The standard InChI is InChI=1S/C22H17NS/c1-3-7-16(4-2)23-17-11-13-21-20(14-17)19-12-10-15-8-5-6-9-18(15)22(19)24-21/h3-14,23H,1-2H2/b16-7+. The van der Waals surface area contributed by atoms with Crippen molar-refractivity contribution in [1.29, 1.82) is 0 Å². The van der Waals surface area contributed by atoms with Gasteiger partial charge in [-0.05, 0) is 41.1 Å². The summed E-state index contributed by atoms with van der Waals surface area (Å²) in [5.41, 5.74) is 2.00. The van der Waals surface area contributed by atoms with Gasteiger partial charge in [0.2, 0.25) is 0 Å². The van der Waals surface area contributed by atoms with Gasteiger partial charge in [-0.15, -0.1) is 11.3 Å². The van der Waals surface area contributed by atoms with Crippen LogP contribution in [0.4, 0.5) is 5.69 Å². The van der Waals surface area contributed by atoms with Crippen molar-refractivity contribution in [1.82, 2.24) is 0 Å². The van der Waals surface area contributed by atoms with Crippen molar-refractivity contribution >= 4 is 48.0 Å². The molecule has 1 nitrogen and oxygen atoms in total. The molecule has 3 aromatic carbocycles. The van der Waals surface area contributed by atoms with E-state index in [4.69, 9.17) is 0 Å². The molecule has 0 aliphatic carbocycles. The molecule has 0 saturated carbocycles. The lowest BCUT2D eigenvalue weighted by molar-refractivity contribution is 1.50. The van der Waals surface area contributed by atoms with Crippen LogP contribution in [-0.2, 0) is 0 Å². The van der Waals surface area contributed by atoms with Crippen molar-refractivity contribution in [2.45, 2.75) is 0 Å². The van der Waals surface area contributed by atoms with E-state index in [-0.39, 0.29) is 0 Å². The maximum absolute atomic E-state index is 3.84. The minimum atomic E-state index is 0.939. The molecule has 4 rings (SSSR count). The van der Waals surface area contributed by atoms with Gasteiger partial charge >= 0.3 is 0 Å². The first-order chi connectivity index (χ1) is 11.8. The fourth-order valence-corrected chi connectivity index (χ4v) is 4.26. The number of fused-ring (bicyclic) bond motifs is 5. The lowest BCUT2D eigenvalue weighted by Crippen LogP contribution is -1.95. The topological polar surface area (TPSA) is 12.0 Å². The second-order valence-corrected chi connectivity index (χ2v) is 6.72. The smallest absolute Gasteiger partial charge is 0.0433 e. The van der Waals surface area contributed by atoms with Crippen molar-refractivity contribution in [3.8, 4) is 0 Å². The number of nitrogens with one attached hydrogen (secondary N) is 1. The Balaban J connectivity index is 1.91. The number of allylic oxidation sites excluding steroid dienone is 3. The van der Waals surface area contributed by atoms with Gasteiger partial charge in [0.05, 0.1) is 0 Å². The quantitative estimate of drug-likeness (QED) is 0.403. The molecule has 0 fully saturated rings. The molecule has 0 amide bonds.